The van der Waals surface area contributed by atoms with E-state index in [2.05, 4.69) is 31.2 Å². The standard InChI is InChI=1S/C23H32O2/c1-3-22-12-9-19-18-8-6-17(24-2)15-16(18)5-7-20(19)21(22)10-13-23(22)11-4-14-25-23/h4-5,11,15,18-21H,3,6-10,12-14H2,1-2H3/t18-,19?,20?,21?,22-,23-/m0/s1. The third-order valence-electron chi connectivity index (χ3n) is 8.69. The number of hydrogen-bond acceptors (Lipinski definition) is 2. The fourth-order valence-corrected chi connectivity index (χ4v) is 7.63. The first-order chi connectivity index (χ1) is 12.2. The minimum Gasteiger partial charge on any atom is -0.501 e. The van der Waals surface area contributed by atoms with Crippen LogP contribution in [0, 0.1) is 29.1 Å². The molecule has 0 aromatic rings. The zero-order valence-electron chi connectivity index (χ0n) is 15.8. The van der Waals surface area contributed by atoms with Crippen LogP contribution in [0.25, 0.3) is 0 Å². The molecule has 0 aromatic heterocycles. The molecular formula is C23H32O2. The van der Waals surface area contributed by atoms with Crippen molar-refractivity contribution in [3.8, 4) is 0 Å². The molecule has 2 nitrogen and oxygen atoms in total. The molecule has 5 rings (SSSR count). The lowest BCUT2D eigenvalue weighted by Crippen LogP contribution is -2.53. The second-order valence-corrected chi connectivity index (χ2v) is 9.02. The lowest BCUT2D eigenvalue weighted by molar-refractivity contribution is -0.119. The summed E-state index contributed by atoms with van der Waals surface area (Å²) in [5.41, 5.74) is 2.05. The molecule has 2 heteroatoms. The Hall–Kier alpha value is -1.02. The van der Waals surface area contributed by atoms with Gasteiger partial charge in [-0.1, -0.05) is 25.2 Å². The molecule has 0 radical (unpaired) electrons. The van der Waals surface area contributed by atoms with Crippen molar-refractivity contribution in [3.05, 3.63) is 35.6 Å². The van der Waals surface area contributed by atoms with Crippen LogP contribution in [0.5, 0.6) is 0 Å². The summed E-state index contributed by atoms with van der Waals surface area (Å²) in [6, 6.07) is 0. The molecule has 0 saturated heterocycles. The monoisotopic (exact) mass is 340 g/mol. The van der Waals surface area contributed by atoms with Crippen molar-refractivity contribution < 1.29 is 9.47 Å². The van der Waals surface area contributed by atoms with E-state index < -0.39 is 0 Å². The Bertz CT molecular complexity index is 644. The zero-order chi connectivity index (χ0) is 17.1. The van der Waals surface area contributed by atoms with Crippen molar-refractivity contribution in [2.75, 3.05) is 13.7 Å². The molecule has 4 aliphatic carbocycles. The average molecular weight is 341 g/mol. The third kappa shape index (κ3) is 2.07. The molecule has 2 saturated carbocycles. The van der Waals surface area contributed by atoms with E-state index in [1.54, 1.807) is 5.57 Å². The van der Waals surface area contributed by atoms with Crippen LogP contribution in [0.4, 0.5) is 0 Å². The number of rotatable bonds is 2. The number of ether oxygens (including phenoxy) is 2. The van der Waals surface area contributed by atoms with E-state index >= 15 is 0 Å². The summed E-state index contributed by atoms with van der Waals surface area (Å²) >= 11 is 0. The molecule has 25 heavy (non-hydrogen) atoms. The summed E-state index contributed by atoms with van der Waals surface area (Å²) in [6.45, 7) is 3.26. The van der Waals surface area contributed by atoms with Gasteiger partial charge in [0.05, 0.1) is 25.1 Å². The van der Waals surface area contributed by atoms with Gasteiger partial charge in [0.25, 0.3) is 0 Å². The summed E-state index contributed by atoms with van der Waals surface area (Å²) < 4.78 is 12.0. The number of allylic oxidation sites excluding steroid dienone is 4. The van der Waals surface area contributed by atoms with E-state index in [-0.39, 0.29) is 5.60 Å². The van der Waals surface area contributed by atoms with Crippen LogP contribution in [0.15, 0.2) is 35.6 Å². The molecule has 1 heterocycles. The minimum atomic E-state index is 0.0665. The van der Waals surface area contributed by atoms with Gasteiger partial charge in [-0.15, -0.1) is 0 Å². The van der Waals surface area contributed by atoms with E-state index in [4.69, 9.17) is 9.47 Å². The van der Waals surface area contributed by atoms with Crippen LogP contribution < -0.4 is 0 Å². The highest BCUT2D eigenvalue weighted by molar-refractivity contribution is 5.32. The molecule has 0 N–H and O–H groups in total. The third-order valence-corrected chi connectivity index (χ3v) is 8.69. The highest BCUT2D eigenvalue weighted by Crippen LogP contribution is 2.67. The summed E-state index contributed by atoms with van der Waals surface area (Å²) in [4.78, 5) is 0. The van der Waals surface area contributed by atoms with E-state index in [0.29, 0.717) is 5.41 Å². The maximum Gasteiger partial charge on any atom is 0.0958 e. The fraction of sp³-hybridized carbons (Fsp3) is 0.739. The maximum atomic E-state index is 6.43. The Morgan fingerprint density at radius 3 is 2.88 bits per heavy atom. The molecular weight excluding hydrogens is 308 g/mol. The van der Waals surface area contributed by atoms with Gasteiger partial charge in [0.2, 0.25) is 0 Å². The molecule has 1 aliphatic heterocycles. The van der Waals surface area contributed by atoms with E-state index in [1.165, 1.54) is 50.7 Å². The van der Waals surface area contributed by atoms with Crippen molar-refractivity contribution in [2.24, 2.45) is 29.1 Å². The molecule has 6 atom stereocenters. The van der Waals surface area contributed by atoms with Crippen LogP contribution >= 0.6 is 0 Å². The van der Waals surface area contributed by atoms with Crippen molar-refractivity contribution >= 4 is 0 Å². The molecule has 2 fully saturated rings. The molecule has 0 aromatic carbocycles. The first kappa shape index (κ1) is 16.2. The quantitative estimate of drug-likeness (QED) is 0.625. The van der Waals surface area contributed by atoms with Gasteiger partial charge in [0.1, 0.15) is 0 Å². The van der Waals surface area contributed by atoms with E-state index in [0.717, 1.165) is 36.7 Å². The molecule has 1 spiro atoms. The van der Waals surface area contributed by atoms with Crippen LogP contribution in [-0.4, -0.2) is 19.3 Å². The van der Waals surface area contributed by atoms with Crippen molar-refractivity contribution in [2.45, 2.75) is 63.9 Å². The van der Waals surface area contributed by atoms with Gasteiger partial charge in [-0.2, -0.15) is 0 Å². The zero-order valence-corrected chi connectivity index (χ0v) is 15.8. The summed E-state index contributed by atoms with van der Waals surface area (Å²) in [7, 11) is 1.82. The molecule has 3 unspecified atom stereocenters. The van der Waals surface area contributed by atoms with Gasteiger partial charge in [-0.05, 0) is 80.3 Å². The topological polar surface area (TPSA) is 18.5 Å². The lowest BCUT2D eigenvalue weighted by Gasteiger charge is -2.56. The van der Waals surface area contributed by atoms with Crippen LogP contribution in [0.2, 0.25) is 0 Å². The van der Waals surface area contributed by atoms with Gasteiger partial charge in [-0.3, -0.25) is 0 Å². The van der Waals surface area contributed by atoms with Crippen LogP contribution in [0.1, 0.15) is 58.3 Å². The van der Waals surface area contributed by atoms with E-state index in [1.807, 2.05) is 7.11 Å². The smallest absolute Gasteiger partial charge is 0.0958 e. The van der Waals surface area contributed by atoms with E-state index in [9.17, 15) is 0 Å². The van der Waals surface area contributed by atoms with Crippen molar-refractivity contribution in [3.63, 3.8) is 0 Å². The summed E-state index contributed by atoms with van der Waals surface area (Å²) in [5, 5.41) is 0. The SMILES string of the molecule is CC[C@]12CCC3C(CC=C4C=C(OC)CC[C@@H]43)C1CC[C@@]21C=CCO1. The number of fused-ring (bicyclic) bond motifs is 6. The Kier molecular flexibility index (Phi) is 3.71. The first-order valence-electron chi connectivity index (χ1n) is 10.5. The first-order valence-corrected chi connectivity index (χ1v) is 10.5. The van der Waals surface area contributed by atoms with Gasteiger partial charge < -0.3 is 9.47 Å². The number of hydrogen-bond donors (Lipinski definition) is 0. The predicted octanol–water partition coefficient (Wildman–Crippen LogP) is 5.41. The van der Waals surface area contributed by atoms with Gasteiger partial charge in [0, 0.05) is 11.8 Å². The predicted molar refractivity (Wildman–Crippen MR) is 100 cm³/mol. The summed E-state index contributed by atoms with van der Waals surface area (Å²) in [5.74, 6) is 4.58. The van der Waals surface area contributed by atoms with Gasteiger partial charge >= 0.3 is 0 Å². The average Bonchev–Trinajstić information content (AvgIpc) is 3.27. The van der Waals surface area contributed by atoms with Crippen molar-refractivity contribution in [1.29, 1.82) is 0 Å². The molecule has 0 amide bonds. The highest BCUT2D eigenvalue weighted by atomic mass is 16.5. The Balaban J connectivity index is 1.48. The maximum absolute atomic E-state index is 6.43. The van der Waals surface area contributed by atoms with Crippen LogP contribution in [0.3, 0.4) is 0 Å². The van der Waals surface area contributed by atoms with Gasteiger partial charge in [-0.25, -0.2) is 0 Å². The largest absolute Gasteiger partial charge is 0.501 e. The van der Waals surface area contributed by atoms with Gasteiger partial charge in [0.15, 0.2) is 0 Å². The van der Waals surface area contributed by atoms with Crippen molar-refractivity contribution in [1.82, 2.24) is 0 Å². The minimum absolute atomic E-state index is 0.0665. The fourth-order valence-electron chi connectivity index (χ4n) is 7.63. The number of methoxy groups -OCH3 is 1. The molecule has 5 aliphatic rings. The summed E-state index contributed by atoms with van der Waals surface area (Å²) in [6.07, 6.45) is 20.0. The Labute approximate surface area is 152 Å². The Morgan fingerprint density at radius 2 is 2.12 bits per heavy atom. The molecule has 136 valence electrons. The molecule has 0 bridgehead atoms. The second kappa shape index (κ2) is 5.74. The Morgan fingerprint density at radius 1 is 1.20 bits per heavy atom. The second-order valence-electron chi connectivity index (χ2n) is 9.02. The lowest BCUT2D eigenvalue weighted by atomic mass is 9.50. The highest BCUT2D eigenvalue weighted by Gasteiger charge is 2.64. The normalized spacial score (nSPS) is 47.8. The van der Waals surface area contributed by atoms with Crippen LogP contribution in [-0.2, 0) is 9.47 Å².